The summed E-state index contributed by atoms with van der Waals surface area (Å²) in [5.74, 6) is -0.271. The number of amides is 2. The minimum Gasteiger partial charge on any atom is -0.348 e. The van der Waals surface area contributed by atoms with Crippen LogP contribution in [-0.2, 0) is 16.1 Å². The maximum atomic E-state index is 12.3. The van der Waals surface area contributed by atoms with Crippen molar-refractivity contribution < 1.29 is 9.59 Å². The molecule has 1 aromatic heterocycles. The lowest BCUT2D eigenvalue weighted by molar-refractivity contribution is -0.116. The van der Waals surface area contributed by atoms with E-state index >= 15 is 0 Å². The van der Waals surface area contributed by atoms with Gasteiger partial charge in [0.25, 0.3) is 5.91 Å². The van der Waals surface area contributed by atoms with E-state index in [0.29, 0.717) is 11.4 Å². The Morgan fingerprint density at radius 3 is 2.63 bits per heavy atom. The second-order valence-corrected chi connectivity index (χ2v) is 7.72. The summed E-state index contributed by atoms with van der Waals surface area (Å²) in [6.45, 7) is 0.437. The van der Waals surface area contributed by atoms with Gasteiger partial charge < -0.3 is 10.6 Å². The first-order valence-electron chi connectivity index (χ1n) is 9.42. The molecule has 0 radical (unpaired) electrons. The molecule has 6 heteroatoms. The molecule has 0 saturated heterocycles. The van der Waals surface area contributed by atoms with Gasteiger partial charge in [-0.05, 0) is 47.0 Å². The fourth-order valence-corrected chi connectivity index (χ4v) is 3.83. The molecular weight excluding hydrogens is 394 g/mol. The molecule has 148 valence electrons. The van der Waals surface area contributed by atoms with Crippen molar-refractivity contribution in [1.82, 2.24) is 10.3 Å². The number of nitrogens with one attached hydrogen (secondary N) is 2. The van der Waals surface area contributed by atoms with Crippen LogP contribution in [0.3, 0.4) is 0 Å². The second kappa shape index (κ2) is 9.24. The third-order valence-electron chi connectivity index (χ3n) is 4.43. The monoisotopic (exact) mass is 413 g/mol. The summed E-state index contributed by atoms with van der Waals surface area (Å²) in [5.41, 5.74) is 3.61. The summed E-state index contributed by atoms with van der Waals surface area (Å²) < 4.78 is 0. The Hall–Kier alpha value is -3.64. The molecule has 2 aromatic carbocycles. The quantitative estimate of drug-likeness (QED) is 0.605. The van der Waals surface area contributed by atoms with Gasteiger partial charge in [0.15, 0.2) is 0 Å². The maximum absolute atomic E-state index is 12.3. The standard InChI is InChI=1S/C24H19N3O2S/c28-23(26-16-19-4-3-13-25-15-19)12-11-17-7-9-18(10-8-17)14-22-24(29)27-20-5-1-2-6-21(20)30-22/h1-15H,16H2,(H,26,28)(H,27,29)/b12-11+,22-14-. The summed E-state index contributed by atoms with van der Waals surface area (Å²) in [7, 11) is 0. The molecule has 0 atom stereocenters. The number of pyridine rings is 1. The molecule has 0 saturated carbocycles. The van der Waals surface area contributed by atoms with Crippen LogP contribution in [0.25, 0.3) is 12.2 Å². The van der Waals surface area contributed by atoms with Crippen molar-refractivity contribution in [2.45, 2.75) is 11.4 Å². The summed E-state index contributed by atoms with van der Waals surface area (Å²) in [6.07, 6.45) is 8.55. The Morgan fingerprint density at radius 1 is 1.03 bits per heavy atom. The van der Waals surface area contributed by atoms with Gasteiger partial charge in [-0.15, -0.1) is 0 Å². The minimum atomic E-state index is -0.168. The number of carbonyl (C=O) groups is 2. The molecule has 0 bridgehead atoms. The Labute approximate surface area is 178 Å². The highest BCUT2D eigenvalue weighted by Crippen LogP contribution is 2.38. The number of benzene rings is 2. The number of anilines is 1. The number of carbonyl (C=O) groups excluding carboxylic acids is 2. The number of nitrogens with zero attached hydrogens (tertiary/aromatic N) is 1. The normalized spacial score (nSPS) is 14.4. The lowest BCUT2D eigenvalue weighted by atomic mass is 10.1. The number of thioether (sulfide) groups is 1. The van der Waals surface area contributed by atoms with Gasteiger partial charge in [0, 0.05) is 29.9 Å². The Balaban J connectivity index is 1.37. The molecule has 0 spiro atoms. The van der Waals surface area contributed by atoms with Crippen LogP contribution in [0.4, 0.5) is 5.69 Å². The van der Waals surface area contributed by atoms with E-state index in [1.54, 1.807) is 18.5 Å². The van der Waals surface area contributed by atoms with E-state index in [4.69, 9.17) is 0 Å². The fraction of sp³-hybridized carbons (Fsp3) is 0.0417. The van der Waals surface area contributed by atoms with Crippen LogP contribution in [0.1, 0.15) is 16.7 Å². The summed E-state index contributed by atoms with van der Waals surface area (Å²) >= 11 is 1.46. The highest BCUT2D eigenvalue weighted by Gasteiger charge is 2.20. The van der Waals surface area contributed by atoms with Crippen molar-refractivity contribution in [2.24, 2.45) is 0 Å². The molecule has 2 amide bonds. The van der Waals surface area contributed by atoms with E-state index in [1.165, 1.54) is 17.8 Å². The summed E-state index contributed by atoms with van der Waals surface area (Å²) in [6, 6.07) is 19.2. The molecule has 0 aliphatic carbocycles. The predicted octanol–water partition coefficient (Wildman–Crippen LogP) is 4.50. The largest absolute Gasteiger partial charge is 0.348 e. The van der Waals surface area contributed by atoms with Gasteiger partial charge >= 0.3 is 0 Å². The predicted molar refractivity (Wildman–Crippen MR) is 120 cm³/mol. The first kappa shape index (κ1) is 19.7. The number of rotatable bonds is 5. The maximum Gasteiger partial charge on any atom is 0.262 e. The number of aromatic nitrogens is 1. The molecular formula is C24H19N3O2S. The Bertz CT molecular complexity index is 1120. The smallest absolute Gasteiger partial charge is 0.262 e. The summed E-state index contributed by atoms with van der Waals surface area (Å²) in [5, 5.41) is 5.74. The van der Waals surface area contributed by atoms with Crippen molar-refractivity contribution in [2.75, 3.05) is 5.32 Å². The molecule has 2 heterocycles. The number of hydrogen-bond acceptors (Lipinski definition) is 4. The van der Waals surface area contributed by atoms with Gasteiger partial charge in [-0.2, -0.15) is 0 Å². The zero-order chi connectivity index (χ0) is 20.8. The highest BCUT2D eigenvalue weighted by atomic mass is 32.2. The van der Waals surface area contributed by atoms with Crippen molar-refractivity contribution >= 4 is 41.4 Å². The van der Waals surface area contributed by atoms with Crippen LogP contribution in [0, 0.1) is 0 Å². The third-order valence-corrected chi connectivity index (χ3v) is 5.53. The first-order valence-corrected chi connectivity index (χ1v) is 10.2. The zero-order valence-corrected chi connectivity index (χ0v) is 16.9. The van der Waals surface area contributed by atoms with E-state index in [9.17, 15) is 9.59 Å². The van der Waals surface area contributed by atoms with Gasteiger partial charge in [-0.1, -0.05) is 54.2 Å². The third kappa shape index (κ3) is 5.04. The minimum absolute atomic E-state index is 0.104. The molecule has 3 aromatic rings. The topological polar surface area (TPSA) is 71.1 Å². The molecule has 30 heavy (non-hydrogen) atoms. The Morgan fingerprint density at radius 2 is 1.83 bits per heavy atom. The van der Waals surface area contributed by atoms with Crippen LogP contribution in [-0.4, -0.2) is 16.8 Å². The van der Waals surface area contributed by atoms with Crippen LogP contribution >= 0.6 is 11.8 Å². The van der Waals surface area contributed by atoms with E-state index < -0.39 is 0 Å². The highest BCUT2D eigenvalue weighted by molar-refractivity contribution is 8.04. The molecule has 4 rings (SSSR count). The van der Waals surface area contributed by atoms with E-state index in [-0.39, 0.29) is 11.8 Å². The second-order valence-electron chi connectivity index (χ2n) is 6.64. The van der Waals surface area contributed by atoms with E-state index in [2.05, 4.69) is 15.6 Å². The number of hydrogen-bond donors (Lipinski definition) is 2. The van der Waals surface area contributed by atoms with Crippen molar-refractivity contribution in [3.05, 3.63) is 101 Å². The molecule has 0 fully saturated rings. The average Bonchev–Trinajstić information content (AvgIpc) is 2.78. The fourth-order valence-electron chi connectivity index (χ4n) is 2.88. The first-order chi connectivity index (χ1) is 14.7. The molecule has 5 nitrogen and oxygen atoms in total. The van der Waals surface area contributed by atoms with Gasteiger partial charge in [0.2, 0.25) is 5.91 Å². The van der Waals surface area contributed by atoms with E-state index in [0.717, 1.165) is 27.3 Å². The molecule has 1 aliphatic rings. The van der Waals surface area contributed by atoms with Gasteiger partial charge in [0.05, 0.1) is 10.6 Å². The van der Waals surface area contributed by atoms with Gasteiger partial charge in [-0.25, -0.2) is 0 Å². The SMILES string of the molecule is O=C(/C=C/c1ccc(/C=C2\Sc3ccccc3NC2=O)cc1)NCc1cccnc1. The van der Waals surface area contributed by atoms with E-state index in [1.807, 2.05) is 66.7 Å². The van der Waals surface area contributed by atoms with Crippen LogP contribution in [0.5, 0.6) is 0 Å². The Kier molecular flexibility index (Phi) is 6.06. The van der Waals surface area contributed by atoms with Crippen molar-refractivity contribution in [3.8, 4) is 0 Å². The van der Waals surface area contributed by atoms with Crippen LogP contribution in [0.15, 0.2) is 88.9 Å². The van der Waals surface area contributed by atoms with Gasteiger partial charge in [-0.3, -0.25) is 14.6 Å². The average molecular weight is 414 g/mol. The van der Waals surface area contributed by atoms with Crippen LogP contribution in [0.2, 0.25) is 0 Å². The molecule has 0 unspecified atom stereocenters. The lowest BCUT2D eigenvalue weighted by Crippen LogP contribution is -2.20. The van der Waals surface area contributed by atoms with Crippen molar-refractivity contribution in [3.63, 3.8) is 0 Å². The zero-order valence-electron chi connectivity index (χ0n) is 16.0. The number of para-hydroxylation sites is 1. The van der Waals surface area contributed by atoms with Crippen molar-refractivity contribution in [1.29, 1.82) is 0 Å². The molecule has 2 N–H and O–H groups in total. The van der Waals surface area contributed by atoms with Crippen LogP contribution < -0.4 is 10.6 Å². The lowest BCUT2D eigenvalue weighted by Gasteiger charge is -2.18. The summed E-state index contributed by atoms with van der Waals surface area (Å²) in [4.78, 5) is 30.0. The van der Waals surface area contributed by atoms with Gasteiger partial charge in [0.1, 0.15) is 0 Å². The number of fused-ring (bicyclic) bond motifs is 1. The molecule has 1 aliphatic heterocycles.